The van der Waals surface area contributed by atoms with E-state index in [1.165, 1.54) is 24.7 Å². The van der Waals surface area contributed by atoms with E-state index in [0.717, 1.165) is 11.1 Å². The van der Waals surface area contributed by atoms with Crippen LogP contribution in [0.2, 0.25) is 0 Å². The van der Waals surface area contributed by atoms with Crippen LogP contribution in [-0.4, -0.2) is 45.4 Å². The van der Waals surface area contributed by atoms with Gasteiger partial charge in [0.25, 0.3) is 11.5 Å². The number of carbonyl (C=O) groups excluding carboxylic acids is 1. The molecule has 6 heteroatoms. The maximum atomic E-state index is 12.6. The second-order valence-corrected chi connectivity index (χ2v) is 6.18. The average Bonchev–Trinajstić information content (AvgIpc) is 2.63. The Bertz CT molecular complexity index is 773. The van der Waals surface area contributed by atoms with Crippen LogP contribution in [0.15, 0.2) is 47.3 Å². The summed E-state index contributed by atoms with van der Waals surface area (Å²) in [7, 11) is 1.53. The van der Waals surface area contributed by atoms with E-state index in [0.29, 0.717) is 13.1 Å². The van der Waals surface area contributed by atoms with Crippen molar-refractivity contribution in [1.82, 2.24) is 14.7 Å². The highest BCUT2D eigenvalue weighted by molar-refractivity contribution is 5.92. The number of aliphatic hydroxyl groups is 1. The van der Waals surface area contributed by atoms with Crippen LogP contribution in [0.4, 0.5) is 0 Å². The Morgan fingerprint density at radius 3 is 2.67 bits per heavy atom. The third kappa shape index (κ3) is 3.23. The number of aryl methyl sites for hydroxylation is 1. The summed E-state index contributed by atoms with van der Waals surface area (Å²) >= 11 is 0. The molecule has 24 heavy (non-hydrogen) atoms. The van der Waals surface area contributed by atoms with Crippen LogP contribution in [0.25, 0.3) is 0 Å². The summed E-state index contributed by atoms with van der Waals surface area (Å²) in [4.78, 5) is 25.8. The largest absolute Gasteiger partial charge is 0.396 e. The highest BCUT2D eigenvalue weighted by Gasteiger charge is 2.32. The molecule has 0 spiro atoms. The molecule has 0 unspecified atom stereocenters. The van der Waals surface area contributed by atoms with E-state index in [1.54, 1.807) is 4.90 Å². The van der Waals surface area contributed by atoms with Gasteiger partial charge >= 0.3 is 0 Å². The Morgan fingerprint density at radius 1 is 1.25 bits per heavy atom. The summed E-state index contributed by atoms with van der Waals surface area (Å²) < 4.78 is 1.16. The molecular weight excluding hydrogens is 306 g/mol. The minimum atomic E-state index is -0.248. The monoisotopic (exact) mass is 327 g/mol. The highest BCUT2D eigenvalue weighted by Crippen LogP contribution is 2.33. The summed E-state index contributed by atoms with van der Waals surface area (Å²) in [6.45, 7) is 1.13. The third-order valence-electron chi connectivity index (χ3n) is 4.66. The van der Waals surface area contributed by atoms with E-state index in [9.17, 15) is 14.7 Å². The molecule has 2 atom stereocenters. The van der Waals surface area contributed by atoms with Crippen LogP contribution in [0, 0.1) is 5.92 Å². The van der Waals surface area contributed by atoms with Crippen LogP contribution < -0.4 is 5.56 Å². The number of carbonyl (C=O) groups is 1. The molecule has 0 bridgehead atoms. The highest BCUT2D eigenvalue weighted by atomic mass is 16.3. The van der Waals surface area contributed by atoms with Crippen LogP contribution >= 0.6 is 0 Å². The van der Waals surface area contributed by atoms with E-state index < -0.39 is 0 Å². The lowest BCUT2D eigenvalue weighted by molar-refractivity contribution is 0.0570. The van der Waals surface area contributed by atoms with Crippen molar-refractivity contribution < 1.29 is 9.90 Å². The Morgan fingerprint density at radius 2 is 2.00 bits per heavy atom. The molecule has 1 aromatic carbocycles. The number of rotatable bonds is 3. The lowest BCUT2D eigenvalue weighted by Crippen LogP contribution is -2.44. The molecule has 1 aromatic heterocycles. The van der Waals surface area contributed by atoms with Crippen molar-refractivity contribution in [1.29, 1.82) is 0 Å². The summed E-state index contributed by atoms with van der Waals surface area (Å²) in [5.41, 5.74) is 1.21. The molecule has 2 aromatic rings. The topological polar surface area (TPSA) is 75.4 Å². The molecule has 126 valence electrons. The smallest absolute Gasteiger partial charge is 0.274 e. The second-order valence-electron chi connectivity index (χ2n) is 6.18. The molecule has 6 nitrogen and oxygen atoms in total. The van der Waals surface area contributed by atoms with Crippen LogP contribution in [-0.2, 0) is 7.05 Å². The second kappa shape index (κ2) is 6.97. The van der Waals surface area contributed by atoms with Crippen molar-refractivity contribution in [3.05, 3.63) is 64.1 Å². The number of hydrogen-bond acceptors (Lipinski definition) is 4. The number of likely N-dealkylation sites (tertiary alicyclic amines) is 1. The van der Waals surface area contributed by atoms with Crippen molar-refractivity contribution in [2.24, 2.45) is 13.0 Å². The van der Waals surface area contributed by atoms with Gasteiger partial charge < -0.3 is 10.0 Å². The van der Waals surface area contributed by atoms with Crippen molar-refractivity contribution >= 4 is 5.91 Å². The summed E-state index contributed by atoms with van der Waals surface area (Å²) in [6, 6.07) is 12.9. The predicted octanol–water partition coefficient (Wildman–Crippen LogP) is 1.02. The van der Waals surface area contributed by atoms with Gasteiger partial charge in [-0.1, -0.05) is 30.3 Å². The van der Waals surface area contributed by atoms with Gasteiger partial charge in [0.2, 0.25) is 0 Å². The van der Waals surface area contributed by atoms with Gasteiger partial charge in [0.05, 0.1) is 0 Å². The van der Waals surface area contributed by atoms with Gasteiger partial charge in [0, 0.05) is 38.7 Å². The van der Waals surface area contributed by atoms with Gasteiger partial charge in [0.1, 0.15) is 5.69 Å². The summed E-state index contributed by atoms with van der Waals surface area (Å²) in [6.07, 6.45) is 0.798. The zero-order chi connectivity index (χ0) is 17.1. The summed E-state index contributed by atoms with van der Waals surface area (Å²) in [5.74, 6) is 0.0431. The van der Waals surface area contributed by atoms with Gasteiger partial charge in [-0.05, 0) is 24.0 Å². The minimum Gasteiger partial charge on any atom is -0.396 e. The van der Waals surface area contributed by atoms with Gasteiger partial charge in [0.15, 0.2) is 0 Å². The lowest BCUT2D eigenvalue weighted by atomic mass is 9.81. The number of hydrogen-bond donors (Lipinski definition) is 1. The van der Waals surface area contributed by atoms with Gasteiger partial charge in [-0.2, -0.15) is 5.10 Å². The fraction of sp³-hybridized carbons (Fsp3) is 0.389. The lowest BCUT2D eigenvalue weighted by Gasteiger charge is -2.38. The normalized spacial score (nSPS) is 20.8. The van der Waals surface area contributed by atoms with E-state index in [4.69, 9.17) is 0 Å². The molecule has 0 saturated carbocycles. The first-order valence-corrected chi connectivity index (χ1v) is 8.09. The number of piperidine rings is 1. The Hall–Kier alpha value is -2.47. The quantitative estimate of drug-likeness (QED) is 0.913. The molecule has 1 fully saturated rings. The molecule has 0 aliphatic carbocycles. The Balaban J connectivity index is 1.76. The van der Waals surface area contributed by atoms with Crippen molar-refractivity contribution in [3.8, 4) is 0 Å². The predicted molar refractivity (Wildman–Crippen MR) is 89.8 cm³/mol. The molecule has 0 radical (unpaired) electrons. The molecular formula is C18H21N3O3. The zero-order valence-corrected chi connectivity index (χ0v) is 13.6. The molecule has 2 heterocycles. The number of aliphatic hydroxyl groups excluding tert-OH is 1. The SMILES string of the molecule is Cn1nc(C(=O)N2CC[C@H](c3ccccc3)[C@H](CO)C2)ccc1=O. The van der Waals surface area contributed by atoms with E-state index in [1.807, 2.05) is 18.2 Å². The van der Waals surface area contributed by atoms with Crippen LogP contribution in [0.5, 0.6) is 0 Å². The van der Waals surface area contributed by atoms with E-state index >= 15 is 0 Å². The first kappa shape index (κ1) is 16.4. The van der Waals surface area contributed by atoms with Gasteiger partial charge in [-0.3, -0.25) is 9.59 Å². The maximum Gasteiger partial charge on any atom is 0.274 e. The molecule has 1 aliphatic rings. The Labute approximate surface area is 140 Å². The summed E-state index contributed by atoms with van der Waals surface area (Å²) in [5, 5.41) is 13.8. The number of nitrogens with zero attached hydrogens (tertiary/aromatic N) is 3. The molecule has 1 aliphatic heterocycles. The third-order valence-corrected chi connectivity index (χ3v) is 4.66. The first-order valence-electron chi connectivity index (χ1n) is 8.09. The van der Waals surface area contributed by atoms with Gasteiger partial charge in [-0.25, -0.2) is 4.68 Å². The maximum absolute atomic E-state index is 12.6. The zero-order valence-electron chi connectivity index (χ0n) is 13.6. The first-order chi connectivity index (χ1) is 11.6. The number of amides is 1. The standard InChI is InChI=1S/C18H21N3O3/c1-20-17(23)8-7-16(19-20)18(24)21-10-9-15(14(11-21)12-22)13-5-3-2-4-6-13/h2-8,14-15,22H,9-12H2,1H3/t14-,15+/m0/s1. The van der Waals surface area contributed by atoms with Crippen molar-refractivity contribution in [2.75, 3.05) is 19.7 Å². The number of benzene rings is 1. The van der Waals surface area contributed by atoms with Crippen molar-refractivity contribution in [3.63, 3.8) is 0 Å². The van der Waals surface area contributed by atoms with Gasteiger partial charge in [-0.15, -0.1) is 0 Å². The minimum absolute atomic E-state index is 0.00219. The molecule has 3 rings (SSSR count). The molecule has 1 N–H and O–H groups in total. The molecule has 1 saturated heterocycles. The number of aromatic nitrogens is 2. The van der Waals surface area contributed by atoms with Crippen LogP contribution in [0.3, 0.4) is 0 Å². The fourth-order valence-corrected chi connectivity index (χ4v) is 3.32. The molecule has 1 amide bonds. The average molecular weight is 327 g/mol. The van der Waals surface area contributed by atoms with Crippen LogP contribution in [0.1, 0.15) is 28.4 Å². The van der Waals surface area contributed by atoms with E-state index in [2.05, 4.69) is 17.2 Å². The van der Waals surface area contributed by atoms with Crippen molar-refractivity contribution in [2.45, 2.75) is 12.3 Å². The fourth-order valence-electron chi connectivity index (χ4n) is 3.32. The Kier molecular flexibility index (Phi) is 4.76. The van der Waals surface area contributed by atoms with E-state index in [-0.39, 0.29) is 35.6 Å².